The zero-order valence-electron chi connectivity index (χ0n) is 20.9. The Morgan fingerprint density at radius 1 is 0.971 bits per heavy atom. The third-order valence-corrected chi connectivity index (χ3v) is 5.81. The van der Waals surface area contributed by atoms with Crippen LogP contribution in [0.1, 0.15) is 57.0 Å². The summed E-state index contributed by atoms with van der Waals surface area (Å²) in [5.41, 5.74) is 2.86. The number of aryl methyl sites for hydroxylation is 1. The zero-order valence-corrected chi connectivity index (χ0v) is 20.9. The van der Waals surface area contributed by atoms with Gasteiger partial charge < -0.3 is 15.0 Å². The highest BCUT2D eigenvalue weighted by atomic mass is 19.1. The summed E-state index contributed by atoms with van der Waals surface area (Å²) in [6.45, 7) is 10.8. The van der Waals surface area contributed by atoms with Crippen LogP contribution in [0.15, 0.2) is 36.4 Å². The molecule has 0 aliphatic carbocycles. The molecule has 6 heteroatoms. The summed E-state index contributed by atoms with van der Waals surface area (Å²) in [5.74, 6) is 2.02. The first kappa shape index (κ1) is 25.6. The summed E-state index contributed by atoms with van der Waals surface area (Å²) in [4.78, 5) is 12.1. The molecule has 2 aromatic carbocycles. The fourth-order valence-corrected chi connectivity index (χ4v) is 4.12. The fourth-order valence-electron chi connectivity index (χ4n) is 4.12. The van der Waals surface area contributed by atoms with Crippen LogP contribution in [-0.4, -0.2) is 48.2 Å². The number of anilines is 1. The molecule has 1 aromatic heterocycles. The van der Waals surface area contributed by atoms with Crippen molar-refractivity contribution in [2.24, 2.45) is 0 Å². The summed E-state index contributed by atoms with van der Waals surface area (Å²) in [6, 6.07) is 10.5. The molecule has 3 aromatic rings. The molecule has 0 amide bonds. The highest BCUT2D eigenvalue weighted by molar-refractivity contribution is 5.92. The van der Waals surface area contributed by atoms with Crippen molar-refractivity contribution in [3.05, 3.63) is 59.2 Å². The Labute approximate surface area is 203 Å². The lowest BCUT2D eigenvalue weighted by Crippen LogP contribution is -2.27. The third-order valence-electron chi connectivity index (χ3n) is 5.81. The number of benzene rings is 2. The highest BCUT2D eigenvalue weighted by Crippen LogP contribution is 2.29. The molecule has 0 radical (unpaired) electrons. The van der Waals surface area contributed by atoms with Crippen LogP contribution in [0.2, 0.25) is 0 Å². The Morgan fingerprint density at radius 3 is 2.35 bits per heavy atom. The molecule has 1 heterocycles. The normalized spacial score (nSPS) is 11.6. The molecule has 1 N–H and O–H groups in total. The van der Waals surface area contributed by atoms with Gasteiger partial charge in [0.2, 0.25) is 0 Å². The van der Waals surface area contributed by atoms with Crippen LogP contribution in [-0.2, 0) is 6.42 Å². The van der Waals surface area contributed by atoms with Crippen LogP contribution in [0.4, 0.5) is 10.2 Å². The van der Waals surface area contributed by atoms with Gasteiger partial charge in [-0.2, -0.15) is 0 Å². The van der Waals surface area contributed by atoms with Gasteiger partial charge >= 0.3 is 0 Å². The van der Waals surface area contributed by atoms with E-state index in [4.69, 9.17) is 14.7 Å². The lowest BCUT2D eigenvalue weighted by Gasteiger charge is -2.21. The number of nitrogens with one attached hydrogen (secondary N) is 1. The predicted molar refractivity (Wildman–Crippen MR) is 141 cm³/mol. The van der Waals surface area contributed by atoms with Gasteiger partial charge in [-0.05, 0) is 80.7 Å². The van der Waals surface area contributed by atoms with E-state index in [9.17, 15) is 4.39 Å². The Bertz CT molecular complexity index is 1080. The van der Waals surface area contributed by atoms with Gasteiger partial charge in [0.15, 0.2) is 5.82 Å². The van der Waals surface area contributed by atoms with Gasteiger partial charge in [0.25, 0.3) is 0 Å². The van der Waals surface area contributed by atoms with E-state index >= 15 is 0 Å². The monoisotopic (exact) mass is 464 g/mol. The number of aromatic nitrogens is 2. The zero-order chi connectivity index (χ0) is 24.3. The van der Waals surface area contributed by atoms with Gasteiger partial charge in [-0.15, -0.1) is 0 Å². The first-order valence-electron chi connectivity index (χ1n) is 12.4. The number of ether oxygens (including phenoxy) is 1. The van der Waals surface area contributed by atoms with Gasteiger partial charge in [-0.25, -0.2) is 14.4 Å². The molecule has 0 unspecified atom stereocenters. The van der Waals surface area contributed by atoms with Crippen LogP contribution < -0.4 is 10.1 Å². The number of nitrogens with zero attached hydrogens (tertiary/aromatic N) is 3. The standard InChI is InChI=1S/C28H37FN4O/c1-5-16-33(17-6-2)18-8-15-30-28-24-19-22(7-3)26(34-4)20-25(24)31-27(32-28)14-11-21-9-12-23(29)13-10-21/h9-14,19-20H,5-8,15-18H2,1-4H3,(H,30,31,32)/b14-11+. The maximum absolute atomic E-state index is 13.2. The van der Waals surface area contributed by atoms with E-state index in [0.29, 0.717) is 5.82 Å². The van der Waals surface area contributed by atoms with Crippen molar-refractivity contribution in [2.75, 3.05) is 38.6 Å². The summed E-state index contributed by atoms with van der Waals surface area (Å²) in [5, 5.41) is 4.56. The van der Waals surface area contributed by atoms with E-state index in [1.165, 1.54) is 25.0 Å². The number of methoxy groups -OCH3 is 1. The summed E-state index contributed by atoms with van der Waals surface area (Å²) in [6.07, 6.45) is 8.03. The number of halogens is 1. The van der Waals surface area contributed by atoms with Crippen molar-refractivity contribution in [1.82, 2.24) is 14.9 Å². The maximum atomic E-state index is 13.2. The van der Waals surface area contributed by atoms with Crippen molar-refractivity contribution in [3.8, 4) is 5.75 Å². The lowest BCUT2D eigenvalue weighted by molar-refractivity contribution is 0.274. The van der Waals surface area contributed by atoms with E-state index in [0.717, 1.165) is 72.6 Å². The second-order valence-corrected chi connectivity index (χ2v) is 8.47. The van der Waals surface area contributed by atoms with E-state index in [1.807, 2.05) is 18.2 Å². The quantitative estimate of drug-likeness (QED) is 0.295. The van der Waals surface area contributed by atoms with Crippen molar-refractivity contribution in [2.45, 2.75) is 46.5 Å². The minimum absolute atomic E-state index is 0.249. The lowest BCUT2D eigenvalue weighted by atomic mass is 10.1. The molecular formula is C28H37FN4O. The van der Waals surface area contributed by atoms with E-state index in [1.54, 1.807) is 19.2 Å². The summed E-state index contributed by atoms with van der Waals surface area (Å²) >= 11 is 0. The van der Waals surface area contributed by atoms with E-state index in [-0.39, 0.29) is 5.82 Å². The Hall–Kier alpha value is -2.99. The SMILES string of the molecule is CCCN(CCC)CCCNc1nc(/C=C/c2ccc(F)cc2)nc2cc(OC)c(CC)cc12. The van der Waals surface area contributed by atoms with Crippen LogP contribution in [0, 0.1) is 5.82 Å². The van der Waals surface area contributed by atoms with Crippen LogP contribution in [0.25, 0.3) is 23.1 Å². The van der Waals surface area contributed by atoms with Crippen molar-refractivity contribution in [1.29, 1.82) is 0 Å². The van der Waals surface area contributed by atoms with Crippen LogP contribution in [0.3, 0.4) is 0 Å². The van der Waals surface area contributed by atoms with Crippen molar-refractivity contribution in [3.63, 3.8) is 0 Å². The smallest absolute Gasteiger partial charge is 0.154 e. The fraction of sp³-hybridized carbons (Fsp3) is 0.429. The molecule has 0 aliphatic rings. The minimum Gasteiger partial charge on any atom is -0.496 e. The van der Waals surface area contributed by atoms with Crippen LogP contribution >= 0.6 is 0 Å². The van der Waals surface area contributed by atoms with Crippen molar-refractivity contribution >= 4 is 28.9 Å². The Morgan fingerprint density at radius 2 is 1.71 bits per heavy atom. The molecule has 3 rings (SSSR count). The van der Waals surface area contributed by atoms with Crippen molar-refractivity contribution < 1.29 is 9.13 Å². The molecule has 0 bridgehead atoms. The second-order valence-electron chi connectivity index (χ2n) is 8.47. The molecule has 0 aliphatic heterocycles. The first-order valence-corrected chi connectivity index (χ1v) is 12.4. The number of hydrogen-bond acceptors (Lipinski definition) is 5. The van der Waals surface area contributed by atoms with Crippen LogP contribution in [0.5, 0.6) is 5.75 Å². The number of hydrogen-bond donors (Lipinski definition) is 1. The molecule has 0 spiro atoms. The minimum atomic E-state index is -0.249. The molecule has 5 nitrogen and oxygen atoms in total. The summed E-state index contributed by atoms with van der Waals surface area (Å²) in [7, 11) is 1.69. The second kappa shape index (κ2) is 13.0. The molecule has 0 fully saturated rings. The van der Waals surface area contributed by atoms with Gasteiger partial charge in [-0.3, -0.25) is 0 Å². The van der Waals surface area contributed by atoms with Gasteiger partial charge in [0.05, 0.1) is 12.6 Å². The number of rotatable bonds is 13. The molecule has 0 atom stereocenters. The third kappa shape index (κ3) is 7.00. The van der Waals surface area contributed by atoms with Gasteiger partial charge in [0.1, 0.15) is 17.4 Å². The average molecular weight is 465 g/mol. The molecule has 182 valence electrons. The Balaban J connectivity index is 1.86. The van der Waals surface area contributed by atoms with E-state index < -0.39 is 0 Å². The molecule has 0 saturated heterocycles. The molecule has 0 saturated carbocycles. The van der Waals surface area contributed by atoms with Gasteiger partial charge in [0, 0.05) is 18.0 Å². The van der Waals surface area contributed by atoms with Gasteiger partial charge in [-0.1, -0.05) is 39.0 Å². The maximum Gasteiger partial charge on any atom is 0.154 e. The Kier molecular flexibility index (Phi) is 9.83. The van der Waals surface area contributed by atoms with E-state index in [2.05, 4.69) is 37.1 Å². The summed E-state index contributed by atoms with van der Waals surface area (Å²) < 4.78 is 18.8. The molecular weight excluding hydrogens is 427 g/mol. The largest absolute Gasteiger partial charge is 0.496 e. The number of fused-ring (bicyclic) bond motifs is 1. The highest BCUT2D eigenvalue weighted by Gasteiger charge is 2.12. The first-order chi connectivity index (χ1) is 16.6. The molecule has 34 heavy (non-hydrogen) atoms. The topological polar surface area (TPSA) is 50.3 Å². The predicted octanol–water partition coefficient (Wildman–Crippen LogP) is 6.43. The average Bonchev–Trinajstić information content (AvgIpc) is 2.85.